The van der Waals surface area contributed by atoms with Crippen LogP contribution in [0.3, 0.4) is 0 Å². The number of rotatable bonds is 9. The molecule has 0 bridgehead atoms. The first kappa shape index (κ1) is 23.4. The van der Waals surface area contributed by atoms with E-state index < -0.39 is 0 Å². The molecule has 1 aromatic heterocycles. The number of aromatic nitrogens is 1. The minimum atomic E-state index is -0.0828. The Balaban J connectivity index is 1.39. The number of carbonyl (C=O) groups is 2. The highest BCUT2D eigenvalue weighted by molar-refractivity contribution is 8.00. The fourth-order valence-electron chi connectivity index (χ4n) is 3.77. The normalized spacial score (nSPS) is 10.8. The maximum atomic E-state index is 12.5. The van der Waals surface area contributed by atoms with Gasteiger partial charge in [-0.1, -0.05) is 42.5 Å². The summed E-state index contributed by atoms with van der Waals surface area (Å²) in [5.74, 6) is 0.830. The van der Waals surface area contributed by atoms with Crippen molar-refractivity contribution in [2.24, 2.45) is 0 Å². The predicted molar refractivity (Wildman–Crippen MR) is 138 cm³/mol. The van der Waals surface area contributed by atoms with Crippen LogP contribution in [-0.2, 0) is 11.3 Å². The van der Waals surface area contributed by atoms with E-state index in [9.17, 15) is 9.59 Å². The Bertz CT molecular complexity index is 1320. The van der Waals surface area contributed by atoms with Crippen molar-refractivity contribution in [1.29, 1.82) is 0 Å². The number of nitrogens with one attached hydrogen (secondary N) is 2. The standard InChI is InChI=1S/C27H27N3O3S/c1-19-8-3-4-11-22(19)27(32)28-14-15-30-17-25(23-12-5-6-13-24(23)30)34-18-26(31)29-20-9-7-10-21(16-20)33-2/h3-13,16-17H,14-15,18H2,1-2H3,(H,28,32)(H,29,31). The smallest absolute Gasteiger partial charge is 0.251 e. The van der Waals surface area contributed by atoms with Gasteiger partial charge in [-0.2, -0.15) is 0 Å². The molecule has 0 aliphatic rings. The lowest BCUT2D eigenvalue weighted by Crippen LogP contribution is -2.27. The van der Waals surface area contributed by atoms with Crippen LogP contribution in [0.1, 0.15) is 15.9 Å². The van der Waals surface area contributed by atoms with Crippen LogP contribution in [-0.4, -0.2) is 35.8 Å². The van der Waals surface area contributed by atoms with Crippen LogP contribution in [0.2, 0.25) is 0 Å². The van der Waals surface area contributed by atoms with Gasteiger partial charge in [-0.15, -0.1) is 11.8 Å². The lowest BCUT2D eigenvalue weighted by atomic mass is 10.1. The summed E-state index contributed by atoms with van der Waals surface area (Å²) in [6.45, 7) is 3.07. The summed E-state index contributed by atoms with van der Waals surface area (Å²) >= 11 is 1.50. The van der Waals surface area contributed by atoms with Crippen LogP contribution in [0.5, 0.6) is 5.75 Å². The fraction of sp³-hybridized carbons (Fsp3) is 0.185. The summed E-state index contributed by atoms with van der Waals surface area (Å²) < 4.78 is 7.33. The maximum Gasteiger partial charge on any atom is 0.251 e. The van der Waals surface area contributed by atoms with Crippen molar-refractivity contribution in [3.63, 3.8) is 0 Å². The van der Waals surface area contributed by atoms with Gasteiger partial charge >= 0.3 is 0 Å². The molecule has 0 atom stereocenters. The number of fused-ring (bicyclic) bond motifs is 1. The number of ether oxygens (including phenoxy) is 1. The number of para-hydroxylation sites is 1. The molecule has 0 spiro atoms. The number of hydrogen-bond acceptors (Lipinski definition) is 4. The van der Waals surface area contributed by atoms with E-state index in [-0.39, 0.29) is 17.6 Å². The van der Waals surface area contributed by atoms with Gasteiger partial charge in [-0.3, -0.25) is 9.59 Å². The molecule has 0 saturated heterocycles. The average Bonchev–Trinajstić information content (AvgIpc) is 3.21. The Morgan fingerprint density at radius 1 is 1.00 bits per heavy atom. The van der Waals surface area contributed by atoms with Crippen LogP contribution in [0.4, 0.5) is 5.69 Å². The van der Waals surface area contributed by atoms with Crippen LogP contribution >= 0.6 is 11.8 Å². The highest BCUT2D eigenvalue weighted by atomic mass is 32.2. The maximum absolute atomic E-state index is 12.5. The first-order chi connectivity index (χ1) is 16.5. The number of thioether (sulfide) groups is 1. The second-order valence-electron chi connectivity index (χ2n) is 7.84. The Hall–Kier alpha value is -3.71. The molecule has 0 aliphatic carbocycles. The zero-order valence-corrected chi connectivity index (χ0v) is 20.0. The molecule has 1 heterocycles. The average molecular weight is 474 g/mol. The van der Waals surface area contributed by atoms with Crippen LogP contribution < -0.4 is 15.4 Å². The van der Waals surface area contributed by atoms with Gasteiger partial charge in [0.15, 0.2) is 0 Å². The molecule has 0 saturated carbocycles. The van der Waals surface area contributed by atoms with Gasteiger partial charge in [-0.05, 0) is 36.8 Å². The van der Waals surface area contributed by atoms with Crippen LogP contribution in [0.15, 0.2) is 83.9 Å². The van der Waals surface area contributed by atoms with Crippen LogP contribution in [0.25, 0.3) is 10.9 Å². The SMILES string of the molecule is COc1cccc(NC(=O)CSc2cn(CCNC(=O)c3ccccc3C)c3ccccc23)c1. The molecule has 0 radical (unpaired) electrons. The van der Waals surface area contributed by atoms with E-state index in [1.54, 1.807) is 13.2 Å². The predicted octanol–water partition coefficient (Wildman–Crippen LogP) is 5.12. The number of aryl methyl sites for hydroxylation is 1. The number of nitrogens with zero attached hydrogens (tertiary/aromatic N) is 1. The van der Waals surface area contributed by atoms with E-state index in [0.29, 0.717) is 30.1 Å². The number of benzene rings is 3. The lowest BCUT2D eigenvalue weighted by molar-refractivity contribution is -0.113. The van der Waals surface area contributed by atoms with Crippen molar-refractivity contribution in [3.8, 4) is 5.75 Å². The zero-order chi connectivity index (χ0) is 23.9. The van der Waals surface area contributed by atoms with Gasteiger partial charge in [0.05, 0.1) is 12.9 Å². The van der Waals surface area contributed by atoms with E-state index >= 15 is 0 Å². The van der Waals surface area contributed by atoms with E-state index in [4.69, 9.17) is 4.74 Å². The lowest BCUT2D eigenvalue weighted by Gasteiger charge is -2.09. The third-order valence-electron chi connectivity index (χ3n) is 5.49. The van der Waals surface area contributed by atoms with Crippen molar-refractivity contribution in [1.82, 2.24) is 9.88 Å². The largest absolute Gasteiger partial charge is 0.497 e. The van der Waals surface area contributed by atoms with Gasteiger partial charge < -0.3 is 19.9 Å². The zero-order valence-electron chi connectivity index (χ0n) is 19.2. The van der Waals surface area contributed by atoms with Crippen molar-refractivity contribution in [3.05, 3.63) is 90.1 Å². The first-order valence-corrected chi connectivity index (χ1v) is 12.0. The number of carbonyl (C=O) groups excluding carboxylic acids is 2. The second-order valence-corrected chi connectivity index (χ2v) is 8.86. The third kappa shape index (κ3) is 5.61. The minimum absolute atomic E-state index is 0.0710. The highest BCUT2D eigenvalue weighted by Crippen LogP contribution is 2.30. The molecule has 0 aliphatic heterocycles. The van der Waals surface area contributed by atoms with Gasteiger partial charge in [0.2, 0.25) is 5.91 Å². The third-order valence-corrected chi connectivity index (χ3v) is 6.54. The molecular weight excluding hydrogens is 446 g/mol. The number of methoxy groups -OCH3 is 1. The van der Waals surface area contributed by atoms with Crippen molar-refractivity contribution < 1.29 is 14.3 Å². The van der Waals surface area contributed by atoms with Gasteiger partial charge in [0, 0.05) is 52.4 Å². The van der Waals surface area contributed by atoms with E-state index in [2.05, 4.69) is 27.3 Å². The Morgan fingerprint density at radius 3 is 2.62 bits per heavy atom. The van der Waals surface area contributed by atoms with E-state index in [1.165, 1.54) is 11.8 Å². The summed E-state index contributed by atoms with van der Waals surface area (Å²) in [6, 6.07) is 23.0. The highest BCUT2D eigenvalue weighted by Gasteiger charge is 2.12. The molecule has 174 valence electrons. The van der Waals surface area contributed by atoms with Crippen molar-refractivity contribution >= 4 is 40.2 Å². The molecule has 2 amide bonds. The monoisotopic (exact) mass is 473 g/mol. The summed E-state index contributed by atoms with van der Waals surface area (Å²) in [5.41, 5.74) is 3.43. The van der Waals surface area contributed by atoms with Crippen LogP contribution in [0, 0.1) is 6.92 Å². The summed E-state index contributed by atoms with van der Waals surface area (Å²) in [5, 5.41) is 7.01. The van der Waals surface area contributed by atoms with E-state index in [0.717, 1.165) is 21.4 Å². The molecule has 4 rings (SSSR count). The molecule has 7 heteroatoms. The Labute approximate surface area is 203 Å². The molecule has 0 fully saturated rings. The summed E-state index contributed by atoms with van der Waals surface area (Å²) in [7, 11) is 1.60. The molecule has 4 aromatic rings. The Morgan fingerprint density at radius 2 is 1.79 bits per heavy atom. The van der Waals surface area contributed by atoms with Crippen molar-refractivity contribution in [2.45, 2.75) is 18.4 Å². The Kier molecular flexibility index (Phi) is 7.54. The number of anilines is 1. The fourth-order valence-corrected chi connectivity index (χ4v) is 4.66. The minimum Gasteiger partial charge on any atom is -0.497 e. The van der Waals surface area contributed by atoms with E-state index in [1.807, 2.05) is 67.7 Å². The van der Waals surface area contributed by atoms with Gasteiger partial charge in [0.1, 0.15) is 5.75 Å². The van der Waals surface area contributed by atoms with Gasteiger partial charge in [0.25, 0.3) is 5.91 Å². The van der Waals surface area contributed by atoms with Crippen molar-refractivity contribution in [2.75, 3.05) is 24.7 Å². The number of amides is 2. The molecule has 34 heavy (non-hydrogen) atoms. The molecule has 6 nitrogen and oxygen atoms in total. The molecule has 3 aromatic carbocycles. The summed E-state index contributed by atoms with van der Waals surface area (Å²) in [4.78, 5) is 26.1. The summed E-state index contributed by atoms with van der Waals surface area (Å²) in [6.07, 6.45) is 2.05. The number of hydrogen-bond donors (Lipinski definition) is 2. The molecular formula is C27H27N3O3S. The first-order valence-electron chi connectivity index (χ1n) is 11.0. The second kappa shape index (κ2) is 10.9. The topological polar surface area (TPSA) is 72.4 Å². The van der Waals surface area contributed by atoms with Gasteiger partial charge in [-0.25, -0.2) is 0 Å². The molecule has 0 unspecified atom stereocenters. The molecule has 2 N–H and O–H groups in total. The quantitative estimate of drug-likeness (QED) is 0.331.